The largest absolute Gasteiger partial charge is 0.392 e. The van der Waals surface area contributed by atoms with Gasteiger partial charge >= 0.3 is 0 Å². The molecule has 0 aromatic heterocycles. The lowest BCUT2D eigenvalue weighted by molar-refractivity contribution is 0.281. The van der Waals surface area contributed by atoms with Gasteiger partial charge in [-0.25, -0.2) is 0 Å². The minimum Gasteiger partial charge on any atom is -0.392 e. The fourth-order valence-corrected chi connectivity index (χ4v) is 2.49. The van der Waals surface area contributed by atoms with Crippen LogP contribution in [-0.2, 0) is 13.0 Å². The van der Waals surface area contributed by atoms with Crippen molar-refractivity contribution in [2.24, 2.45) is 0 Å². The van der Waals surface area contributed by atoms with E-state index in [0.717, 1.165) is 5.56 Å². The smallest absolute Gasteiger partial charge is 0.0692 e. The van der Waals surface area contributed by atoms with E-state index < -0.39 is 0 Å². The van der Waals surface area contributed by atoms with Crippen LogP contribution in [0.15, 0.2) is 18.2 Å². The Bertz CT molecular complexity index is 263. The molecule has 0 atom stereocenters. The van der Waals surface area contributed by atoms with E-state index in [9.17, 15) is 0 Å². The number of rotatable bonds is 3. The van der Waals surface area contributed by atoms with E-state index in [4.69, 9.17) is 5.11 Å². The van der Waals surface area contributed by atoms with Crippen LogP contribution in [0.3, 0.4) is 0 Å². The van der Waals surface area contributed by atoms with E-state index >= 15 is 0 Å². The Hall–Kier alpha value is 0.127. The number of halogens is 1. The molecule has 66 valence electrons. The van der Waals surface area contributed by atoms with Gasteiger partial charge in [-0.05, 0) is 46.2 Å². The molecule has 1 N–H and O–H groups in total. The quantitative estimate of drug-likeness (QED) is 0.653. The first-order valence-corrected chi connectivity index (χ1v) is 6.65. The summed E-state index contributed by atoms with van der Waals surface area (Å²) < 4.78 is 1.18. The Morgan fingerprint density at radius 1 is 1.42 bits per heavy atom. The summed E-state index contributed by atoms with van der Waals surface area (Å²) >= 11 is 2.28. The van der Waals surface area contributed by atoms with Crippen LogP contribution in [0.2, 0.25) is 6.04 Å². The van der Waals surface area contributed by atoms with Crippen molar-refractivity contribution in [1.29, 1.82) is 0 Å². The zero-order valence-corrected chi connectivity index (χ0v) is 11.3. The molecule has 1 nitrogen and oxygen atoms in total. The number of hydrogen-bond acceptors (Lipinski definition) is 1. The molecule has 0 saturated carbocycles. The van der Waals surface area contributed by atoms with Gasteiger partial charge in [-0.15, -0.1) is 0 Å². The van der Waals surface area contributed by atoms with Crippen LogP contribution in [0.4, 0.5) is 0 Å². The van der Waals surface area contributed by atoms with Crippen molar-refractivity contribution >= 4 is 32.8 Å². The second-order valence-corrected chi connectivity index (χ2v) is 5.00. The molecule has 0 saturated heterocycles. The highest BCUT2D eigenvalue weighted by Crippen LogP contribution is 2.15. The first-order chi connectivity index (χ1) is 5.77. The highest BCUT2D eigenvalue weighted by atomic mass is 127. The van der Waals surface area contributed by atoms with Gasteiger partial charge in [0.25, 0.3) is 0 Å². The molecule has 3 heteroatoms. The molecule has 0 radical (unpaired) electrons. The van der Waals surface area contributed by atoms with Crippen LogP contribution >= 0.6 is 22.6 Å². The monoisotopic (exact) mass is 292 g/mol. The van der Waals surface area contributed by atoms with Crippen molar-refractivity contribution in [3.8, 4) is 0 Å². The van der Waals surface area contributed by atoms with Crippen LogP contribution in [0, 0.1) is 3.57 Å². The molecule has 0 spiro atoms. The van der Waals surface area contributed by atoms with Gasteiger partial charge in [0.15, 0.2) is 0 Å². The predicted octanol–water partition coefficient (Wildman–Crippen LogP) is 1.11. The Labute approximate surface area is 89.8 Å². The van der Waals surface area contributed by atoms with Crippen molar-refractivity contribution in [3.05, 3.63) is 32.9 Å². The summed E-state index contributed by atoms with van der Waals surface area (Å²) in [6, 6.07) is 7.62. The summed E-state index contributed by atoms with van der Waals surface area (Å²) in [6.07, 6.45) is 1.19. The highest BCUT2D eigenvalue weighted by Gasteiger charge is 1.98. The first-order valence-electron chi connectivity index (χ1n) is 4.16. The average molecular weight is 292 g/mol. The fourth-order valence-electron chi connectivity index (χ4n) is 1.16. The van der Waals surface area contributed by atoms with Crippen molar-refractivity contribution in [3.63, 3.8) is 0 Å². The van der Waals surface area contributed by atoms with Gasteiger partial charge in [-0.1, -0.05) is 18.2 Å². The fraction of sp³-hybridized carbons (Fsp3) is 0.333. The van der Waals surface area contributed by atoms with Gasteiger partial charge in [0.2, 0.25) is 0 Å². The van der Waals surface area contributed by atoms with Gasteiger partial charge in [0, 0.05) is 13.8 Å². The molecule has 0 heterocycles. The van der Waals surface area contributed by atoms with E-state index in [-0.39, 0.29) is 6.61 Å². The third-order valence-electron chi connectivity index (χ3n) is 1.83. The van der Waals surface area contributed by atoms with Gasteiger partial charge in [-0.3, -0.25) is 0 Å². The third-order valence-corrected chi connectivity index (χ3v) is 3.33. The maximum absolute atomic E-state index is 8.94. The Kier molecular flexibility index (Phi) is 4.24. The maximum atomic E-state index is 8.94. The van der Waals surface area contributed by atoms with Crippen molar-refractivity contribution < 1.29 is 5.11 Å². The van der Waals surface area contributed by atoms with Crippen molar-refractivity contribution in [2.45, 2.75) is 19.1 Å². The SMILES string of the molecule is OCc1ccc(CC[SiH3])cc1I. The molecule has 0 aliphatic carbocycles. The Morgan fingerprint density at radius 2 is 2.17 bits per heavy atom. The maximum Gasteiger partial charge on any atom is 0.0692 e. The van der Waals surface area contributed by atoms with E-state index in [1.165, 1.54) is 31.8 Å². The van der Waals surface area contributed by atoms with E-state index in [1.54, 1.807) is 0 Å². The standard InChI is InChI=1S/C9H13IOSi/c10-9-5-7(3-4-12)1-2-8(9)6-11/h1-2,5,11H,3-4,6H2,12H3. The van der Waals surface area contributed by atoms with Crippen LogP contribution < -0.4 is 0 Å². The van der Waals surface area contributed by atoms with Gasteiger partial charge in [0.1, 0.15) is 0 Å². The molecule has 0 aliphatic rings. The third kappa shape index (κ3) is 2.57. The summed E-state index contributed by atoms with van der Waals surface area (Å²) in [4.78, 5) is 0. The second kappa shape index (κ2) is 4.99. The van der Waals surface area contributed by atoms with Crippen molar-refractivity contribution in [2.75, 3.05) is 0 Å². The summed E-state index contributed by atoms with van der Waals surface area (Å²) in [6.45, 7) is 0.152. The molecule has 0 unspecified atom stereocenters. The summed E-state index contributed by atoms with van der Waals surface area (Å²) in [5, 5.41) is 8.94. The normalized spacial score (nSPS) is 10.5. The summed E-state index contributed by atoms with van der Waals surface area (Å²) in [5.74, 6) is 0. The average Bonchev–Trinajstić information content (AvgIpc) is 2.05. The second-order valence-electron chi connectivity index (χ2n) is 2.83. The molecule has 0 fully saturated rings. The molecule has 1 aromatic carbocycles. The highest BCUT2D eigenvalue weighted by molar-refractivity contribution is 14.1. The number of aryl methyl sites for hydroxylation is 1. The Morgan fingerprint density at radius 3 is 2.67 bits per heavy atom. The lowest BCUT2D eigenvalue weighted by Crippen LogP contribution is -1.91. The van der Waals surface area contributed by atoms with E-state index in [0.29, 0.717) is 0 Å². The molecule has 1 aromatic rings. The van der Waals surface area contributed by atoms with Crippen LogP contribution in [-0.4, -0.2) is 15.3 Å². The van der Waals surface area contributed by atoms with Gasteiger partial charge in [-0.2, -0.15) is 0 Å². The van der Waals surface area contributed by atoms with Crippen LogP contribution in [0.1, 0.15) is 11.1 Å². The van der Waals surface area contributed by atoms with E-state index in [1.807, 2.05) is 6.07 Å². The van der Waals surface area contributed by atoms with Gasteiger partial charge < -0.3 is 5.11 Å². The zero-order chi connectivity index (χ0) is 8.97. The number of aliphatic hydroxyl groups excluding tert-OH is 1. The topological polar surface area (TPSA) is 20.2 Å². The molecule has 0 amide bonds. The minimum atomic E-state index is 0.152. The van der Waals surface area contributed by atoms with Crippen LogP contribution in [0.5, 0.6) is 0 Å². The number of benzene rings is 1. The number of hydrogen-bond donors (Lipinski definition) is 1. The Balaban J connectivity index is 2.86. The molecule has 0 aliphatic heterocycles. The first kappa shape index (κ1) is 10.2. The molecular formula is C9H13IOSi. The molecular weight excluding hydrogens is 279 g/mol. The van der Waals surface area contributed by atoms with E-state index in [2.05, 4.69) is 34.7 Å². The molecule has 0 bridgehead atoms. The molecule has 12 heavy (non-hydrogen) atoms. The van der Waals surface area contributed by atoms with Gasteiger partial charge in [0.05, 0.1) is 6.61 Å². The zero-order valence-electron chi connectivity index (χ0n) is 7.18. The lowest BCUT2D eigenvalue weighted by Gasteiger charge is -2.03. The summed E-state index contributed by atoms with van der Waals surface area (Å²) in [5.41, 5.74) is 2.43. The number of aliphatic hydroxyl groups is 1. The van der Waals surface area contributed by atoms with Crippen molar-refractivity contribution in [1.82, 2.24) is 0 Å². The minimum absolute atomic E-state index is 0.152. The lowest BCUT2D eigenvalue weighted by atomic mass is 10.1. The summed E-state index contributed by atoms with van der Waals surface area (Å²) in [7, 11) is 1.27. The predicted molar refractivity (Wildman–Crippen MR) is 63.5 cm³/mol. The van der Waals surface area contributed by atoms with Crippen LogP contribution in [0.25, 0.3) is 0 Å². The molecule has 1 rings (SSSR count).